The number of nitrogens with zero attached hydrogens (tertiary/aromatic N) is 3. The van der Waals surface area contributed by atoms with Crippen molar-refractivity contribution in [2.24, 2.45) is 7.05 Å². The molecule has 0 aliphatic rings. The van der Waals surface area contributed by atoms with Crippen LogP contribution in [0.25, 0.3) is 11.3 Å². The van der Waals surface area contributed by atoms with Crippen molar-refractivity contribution in [3.63, 3.8) is 0 Å². The number of aryl methyl sites for hydroxylation is 2. The van der Waals surface area contributed by atoms with Crippen LogP contribution < -0.4 is 10.1 Å². The second kappa shape index (κ2) is 7.88. The molecule has 0 spiro atoms. The number of amides is 1. The quantitative estimate of drug-likeness (QED) is 0.682. The van der Waals surface area contributed by atoms with Gasteiger partial charge < -0.3 is 10.1 Å². The topological polar surface area (TPSA) is 84.8 Å². The molecular weight excluding hydrogens is 354 g/mol. The monoisotopic (exact) mass is 381 g/mol. The van der Waals surface area contributed by atoms with Crippen LogP contribution in [0.5, 0.6) is 5.75 Å². The molecule has 2 aromatic heterocycles. The van der Waals surface area contributed by atoms with E-state index in [2.05, 4.69) is 20.6 Å². The number of hydrogen-bond donors (Lipinski definition) is 2. The van der Waals surface area contributed by atoms with Crippen LogP contribution in [0.3, 0.4) is 0 Å². The highest BCUT2D eigenvalue weighted by atomic mass is 16.5. The zero-order valence-electron chi connectivity index (χ0n) is 17.2. The number of ether oxygens (including phenoxy) is 1. The van der Waals surface area contributed by atoms with Gasteiger partial charge in [-0.25, -0.2) is 0 Å². The van der Waals surface area contributed by atoms with Crippen molar-refractivity contribution in [3.05, 3.63) is 53.0 Å². The van der Waals surface area contributed by atoms with Crippen LogP contribution in [0, 0.1) is 13.8 Å². The van der Waals surface area contributed by atoms with E-state index in [4.69, 9.17) is 4.74 Å². The largest absolute Gasteiger partial charge is 0.491 e. The Kier molecular flexibility index (Phi) is 5.53. The lowest BCUT2D eigenvalue weighted by Gasteiger charge is -2.15. The normalized spacial score (nSPS) is 12.2. The number of hydrogen-bond acceptors (Lipinski definition) is 4. The Morgan fingerprint density at radius 3 is 2.43 bits per heavy atom. The van der Waals surface area contributed by atoms with Crippen LogP contribution in [0.4, 0.5) is 0 Å². The second-order valence-electron chi connectivity index (χ2n) is 7.27. The molecule has 1 amide bonds. The van der Waals surface area contributed by atoms with E-state index in [1.807, 2.05) is 70.6 Å². The number of H-pyrrole nitrogens is 1. The van der Waals surface area contributed by atoms with Crippen LogP contribution in [-0.2, 0) is 7.05 Å². The highest BCUT2D eigenvalue weighted by Gasteiger charge is 2.18. The Balaban J connectivity index is 1.70. The first kappa shape index (κ1) is 19.7. The highest BCUT2D eigenvalue weighted by molar-refractivity contribution is 5.93. The summed E-state index contributed by atoms with van der Waals surface area (Å²) in [7, 11) is 1.89. The smallest absolute Gasteiger partial charge is 0.269 e. The first-order valence-corrected chi connectivity index (χ1v) is 9.39. The minimum atomic E-state index is -0.201. The molecule has 148 valence electrons. The van der Waals surface area contributed by atoms with Gasteiger partial charge in [0.05, 0.1) is 23.5 Å². The molecule has 1 atom stereocenters. The molecule has 1 unspecified atom stereocenters. The van der Waals surface area contributed by atoms with E-state index in [0.717, 1.165) is 34.0 Å². The predicted octanol–water partition coefficient (Wildman–Crippen LogP) is 3.71. The molecule has 7 nitrogen and oxygen atoms in total. The molecule has 3 rings (SSSR count). The molecule has 0 aliphatic carbocycles. The van der Waals surface area contributed by atoms with Crippen molar-refractivity contribution in [1.82, 2.24) is 25.3 Å². The van der Waals surface area contributed by atoms with E-state index in [-0.39, 0.29) is 18.1 Å². The molecule has 1 aromatic carbocycles. The standard InChI is InChI=1S/C21H27N5O2/c1-12(2)28-17-9-7-16(8-10-17)13(3)22-21(27)19-11-18(23-24-19)20-14(4)25-26(6)15(20)5/h7-13H,1-6H3,(H,22,27)(H,23,24). The van der Waals surface area contributed by atoms with Gasteiger partial charge in [-0.1, -0.05) is 12.1 Å². The third-order valence-corrected chi connectivity index (χ3v) is 4.69. The lowest BCUT2D eigenvalue weighted by Crippen LogP contribution is -2.26. The van der Waals surface area contributed by atoms with E-state index in [0.29, 0.717) is 5.69 Å². The van der Waals surface area contributed by atoms with Gasteiger partial charge in [-0.3, -0.25) is 14.6 Å². The van der Waals surface area contributed by atoms with Gasteiger partial charge in [0, 0.05) is 18.3 Å². The number of rotatable bonds is 6. The molecule has 0 saturated carbocycles. The van der Waals surface area contributed by atoms with Crippen molar-refractivity contribution in [2.75, 3.05) is 0 Å². The van der Waals surface area contributed by atoms with Crippen molar-refractivity contribution in [3.8, 4) is 17.0 Å². The molecule has 2 heterocycles. The van der Waals surface area contributed by atoms with E-state index in [9.17, 15) is 4.79 Å². The van der Waals surface area contributed by atoms with Crippen LogP contribution in [0.2, 0.25) is 0 Å². The maximum Gasteiger partial charge on any atom is 0.269 e. The molecule has 3 aromatic rings. The summed E-state index contributed by atoms with van der Waals surface area (Å²) in [6.07, 6.45) is 0.129. The maximum atomic E-state index is 12.6. The zero-order valence-corrected chi connectivity index (χ0v) is 17.2. The van der Waals surface area contributed by atoms with E-state index in [1.165, 1.54) is 0 Å². The van der Waals surface area contributed by atoms with E-state index >= 15 is 0 Å². The molecule has 0 saturated heterocycles. The summed E-state index contributed by atoms with van der Waals surface area (Å²) >= 11 is 0. The van der Waals surface area contributed by atoms with Gasteiger partial charge in [-0.15, -0.1) is 0 Å². The molecule has 0 radical (unpaired) electrons. The minimum absolute atomic E-state index is 0.129. The Labute approximate surface area is 165 Å². The third-order valence-electron chi connectivity index (χ3n) is 4.69. The number of aromatic nitrogens is 4. The summed E-state index contributed by atoms with van der Waals surface area (Å²) in [4.78, 5) is 12.6. The average Bonchev–Trinajstić information content (AvgIpc) is 3.20. The zero-order chi connectivity index (χ0) is 20.4. The Morgan fingerprint density at radius 2 is 1.86 bits per heavy atom. The molecular formula is C21H27N5O2. The van der Waals surface area contributed by atoms with Crippen LogP contribution in [-0.4, -0.2) is 32.0 Å². The summed E-state index contributed by atoms with van der Waals surface area (Å²) < 4.78 is 7.47. The number of carbonyl (C=O) groups is 1. The minimum Gasteiger partial charge on any atom is -0.491 e. The van der Waals surface area contributed by atoms with E-state index < -0.39 is 0 Å². The van der Waals surface area contributed by atoms with Crippen LogP contribution >= 0.6 is 0 Å². The molecule has 2 N–H and O–H groups in total. The lowest BCUT2D eigenvalue weighted by molar-refractivity contribution is 0.0935. The molecule has 28 heavy (non-hydrogen) atoms. The molecule has 7 heteroatoms. The highest BCUT2D eigenvalue weighted by Crippen LogP contribution is 2.25. The Hall–Kier alpha value is -3.09. The van der Waals surface area contributed by atoms with E-state index in [1.54, 1.807) is 6.07 Å². The van der Waals surface area contributed by atoms with Crippen LogP contribution in [0.15, 0.2) is 30.3 Å². The number of benzene rings is 1. The summed E-state index contributed by atoms with van der Waals surface area (Å²) in [6.45, 7) is 9.85. The van der Waals surface area contributed by atoms with Gasteiger partial charge >= 0.3 is 0 Å². The average molecular weight is 381 g/mol. The fourth-order valence-electron chi connectivity index (χ4n) is 3.18. The number of carbonyl (C=O) groups excluding carboxylic acids is 1. The van der Waals surface area contributed by atoms with Crippen molar-refractivity contribution < 1.29 is 9.53 Å². The van der Waals surface area contributed by atoms with Crippen molar-refractivity contribution >= 4 is 5.91 Å². The first-order chi connectivity index (χ1) is 13.3. The van der Waals surface area contributed by atoms with Gasteiger partial charge in [0.25, 0.3) is 5.91 Å². The fourth-order valence-corrected chi connectivity index (χ4v) is 3.18. The Bertz CT molecular complexity index is 969. The third kappa shape index (κ3) is 4.08. The Morgan fingerprint density at radius 1 is 1.18 bits per heavy atom. The van der Waals surface area contributed by atoms with Gasteiger partial charge in [0.2, 0.25) is 0 Å². The molecule has 0 fully saturated rings. The van der Waals surface area contributed by atoms with Gasteiger partial charge in [-0.05, 0) is 58.4 Å². The SMILES string of the molecule is Cc1nn(C)c(C)c1-c1cc(C(=O)NC(C)c2ccc(OC(C)C)cc2)[nH]n1. The number of aromatic amines is 1. The molecule has 0 aliphatic heterocycles. The molecule has 0 bridgehead atoms. The van der Waals surface area contributed by atoms with Gasteiger partial charge in [0.1, 0.15) is 11.4 Å². The predicted molar refractivity (Wildman–Crippen MR) is 108 cm³/mol. The van der Waals surface area contributed by atoms with Crippen molar-refractivity contribution in [1.29, 1.82) is 0 Å². The van der Waals surface area contributed by atoms with Gasteiger partial charge in [0.15, 0.2) is 0 Å². The summed E-state index contributed by atoms with van der Waals surface area (Å²) in [5, 5.41) is 14.5. The summed E-state index contributed by atoms with van der Waals surface area (Å²) in [5.74, 6) is 0.616. The summed E-state index contributed by atoms with van der Waals surface area (Å²) in [6, 6.07) is 9.38. The maximum absolute atomic E-state index is 12.6. The second-order valence-corrected chi connectivity index (χ2v) is 7.27. The summed E-state index contributed by atoms with van der Waals surface area (Å²) in [5.41, 5.74) is 4.98. The number of nitrogens with one attached hydrogen (secondary N) is 2. The fraction of sp³-hybridized carbons (Fsp3) is 0.381. The lowest BCUT2D eigenvalue weighted by atomic mass is 10.1. The van der Waals surface area contributed by atoms with Gasteiger partial charge in [-0.2, -0.15) is 10.2 Å². The van der Waals surface area contributed by atoms with Crippen molar-refractivity contribution in [2.45, 2.75) is 46.8 Å². The van der Waals surface area contributed by atoms with Crippen LogP contribution in [0.1, 0.15) is 54.3 Å². The first-order valence-electron chi connectivity index (χ1n) is 9.39.